The van der Waals surface area contributed by atoms with E-state index in [1.165, 1.54) is 6.07 Å². The summed E-state index contributed by atoms with van der Waals surface area (Å²) >= 11 is 7.44. The number of halogens is 2. The van der Waals surface area contributed by atoms with E-state index < -0.39 is 0 Å². The zero-order valence-electron chi connectivity index (χ0n) is 11.6. The summed E-state index contributed by atoms with van der Waals surface area (Å²) in [6, 6.07) is 6.97. The average molecular weight is 313 g/mol. The van der Waals surface area contributed by atoms with Gasteiger partial charge in [0, 0.05) is 11.9 Å². The molecule has 1 atom stereocenters. The number of alkyl halides is 1. The average Bonchev–Trinajstić information content (AvgIpc) is 2.88. The summed E-state index contributed by atoms with van der Waals surface area (Å²) in [5.74, 6) is 0.253. The molecule has 0 radical (unpaired) electrons. The van der Waals surface area contributed by atoms with Crippen LogP contribution in [0.25, 0.3) is 0 Å². The molecule has 1 heterocycles. The molecule has 0 bridgehead atoms. The minimum Gasteiger partial charge on any atom is -0.293 e. The molecule has 2 aromatic rings. The predicted molar refractivity (Wildman–Crippen MR) is 82.6 cm³/mol. The van der Waals surface area contributed by atoms with Gasteiger partial charge >= 0.3 is 0 Å². The second-order valence-electron chi connectivity index (χ2n) is 4.78. The van der Waals surface area contributed by atoms with Crippen molar-refractivity contribution in [3.05, 3.63) is 51.7 Å². The summed E-state index contributed by atoms with van der Waals surface area (Å²) in [6.45, 7) is 2.83. The highest BCUT2D eigenvalue weighted by Crippen LogP contribution is 2.27. The number of nitrogens with zero attached hydrogens (tertiary/aromatic N) is 2. The number of rotatable bonds is 6. The normalized spacial score (nSPS) is 12.8. The molecule has 1 unspecified atom stereocenters. The van der Waals surface area contributed by atoms with Crippen molar-refractivity contribution in [2.24, 2.45) is 0 Å². The van der Waals surface area contributed by atoms with E-state index in [-0.39, 0.29) is 11.9 Å². The van der Waals surface area contributed by atoms with E-state index in [0.717, 1.165) is 22.7 Å². The fraction of sp³-hybridized carbons (Fsp3) is 0.400. The van der Waals surface area contributed by atoms with E-state index in [1.807, 2.05) is 18.5 Å². The second-order valence-corrected chi connectivity index (χ2v) is 5.94. The molecule has 0 fully saturated rings. The molecule has 0 saturated carbocycles. The summed E-state index contributed by atoms with van der Waals surface area (Å²) in [5, 5.41) is 3.07. The molecule has 0 aliphatic heterocycles. The van der Waals surface area contributed by atoms with Gasteiger partial charge in [0.25, 0.3) is 0 Å². The van der Waals surface area contributed by atoms with Crippen molar-refractivity contribution in [1.82, 2.24) is 9.88 Å². The first-order valence-corrected chi connectivity index (χ1v) is 8.00. The molecule has 0 N–H and O–H groups in total. The highest BCUT2D eigenvalue weighted by Gasteiger charge is 2.18. The van der Waals surface area contributed by atoms with Crippen molar-refractivity contribution in [3.8, 4) is 0 Å². The monoisotopic (exact) mass is 312 g/mol. The molecule has 108 valence electrons. The molecule has 2 nitrogen and oxygen atoms in total. The second kappa shape index (κ2) is 7.16. The van der Waals surface area contributed by atoms with Gasteiger partial charge in [0.15, 0.2) is 0 Å². The maximum atomic E-state index is 13.2. The largest absolute Gasteiger partial charge is 0.293 e. The molecule has 20 heavy (non-hydrogen) atoms. The third kappa shape index (κ3) is 3.78. The van der Waals surface area contributed by atoms with Crippen LogP contribution in [-0.4, -0.2) is 16.9 Å². The fourth-order valence-electron chi connectivity index (χ4n) is 2.25. The number of thiazole rings is 1. The summed E-state index contributed by atoms with van der Waals surface area (Å²) in [6.07, 6.45) is 0.959. The van der Waals surface area contributed by atoms with Gasteiger partial charge in [-0.2, -0.15) is 0 Å². The van der Waals surface area contributed by atoms with Crippen LogP contribution in [0.5, 0.6) is 0 Å². The number of benzene rings is 1. The van der Waals surface area contributed by atoms with Gasteiger partial charge < -0.3 is 0 Å². The van der Waals surface area contributed by atoms with Gasteiger partial charge in [0.05, 0.1) is 17.6 Å². The van der Waals surface area contributed by atoms with E-state index in [9.17, 15) is 4.39 Å². The molecule has 0 aliphatic rings. The first-order chi connectivity index (χ1) is 9.63. The summed E-state index contributed by atoms with van der Waals surface area (Å²) in [5.41, 5.74) is 1.89. The van der Waals surface area contributed by atoms with Crippen molar-refractivity contribution in [2.45, 2.75) is 31.8 Å². The molecule has 1 aromatic carbocycles. The number of hydrogen-bond acceptors (Lipinski definition) is 3. The van der Waals surface area contributed by atoms with E-state index in [1.54, 1.807) is 23.5 Å². The highest BCUT2D eigenvalue weighted by atomic mass is 35.5. The van der Waals surface area contributed by atoms with E-state index in [2.05, 4.69) is 16.8 Å². The predicted octanol–water partition coefficient (Wildman–Crippen LogP) is 4.60. The van der Waals surface area contributed by atoms with Crippen molar-refractivity contribution >= 4 is 22.9 Å². The third-order valence-corrected chi connectivity index (χ3v) is 4.50. The lowest BCUT2D eigenvalue weighted by atomic mass is 10.1. The Morgan fingerprint density at radius 2 is 2.25 bits per heavy atom. The van der Waals surface area contributed by atoms with E-state index in [4.69, 9.17) is 11.6 Å². The minimum absolute atomic E-state index is 0.192. The van der Waals surface area contributed by atoms with Crippen LogP contribution in [0.15, 0.2) is 29.6 Å². The number of hydrogen-bond donors (Lipinski definition) is 0. The molecule has 0 amide bonds. The highest BCUT2D eigenvalue weighted by molar-refractivity contribution is 7.09. The van der Waals surface area contributed by atoms with Gasteiger partial charge in [-0.15, -0.1) is 22.9 Å². The molecular weight excluding hydrogens is 295 g/mol. The standard InChI is InChI=1S/C15H18ClFN2S/c1-3-14(15-18-13(8-16)10-20-15)19(2)9-11-5-4-6-12(17)7-11/h4-7,10,14H,3,8-9H2,1-2H3. The van der Waals surface area contributed by atoms with Crippen LogP contribution in [0.4, 0.5) is 4.39 Å². The van der Waals surface area contributed by atoms with Crippen LogP contribution < -0.4 is 0 Å². The molecule has 0 saturated heterocycles. The summed E-state index contributed by atoms with van der Waals surface area (Å²) in [4.78, 5) is 6.75. The SMILES string of the molecule is CCC(c1nc(CCl)cs1)N(C)Cc1cccc(F)c1. The van der Waals surface area contributed by atoms with Crippen LogP contribution in [0.2, 0.25) is 0 Å². The fourth-order valence-corrected chi connectivity index (χ4v) is 3.54. The van der Waals surface area contributed by atoms with Gasteiger partial charge in [-0.1, -0.05) is 19.1 Å². The lowest BCUT2D eigenvalue weighted by Crippen LogP contribution is -2.23. The van der Waals surface area contributed by atoms with Gasteiger partial charge in [0.2, 0.25) is 0 Å². The lowest BCUT2D eigenvalue weighted by Gasteiger charge is -2.25. The summed E-state index contributed by atoms with van der Waals surface area (Å²) in [7, 11) is 2.04. The van der Waals surface area contributed by atoms with E-state index >= 15 is 0 Å². The Balaban J connectivity index is 2.10. The third-order valence-electron chi connectivity index (χ3n) is 3.23. The van der Waals surface area contributed by atoms with Gasteiger partial charge in [-0.05, 0) is 31.2 Å². The van der Waals surface area contributed by atoms with Gasteiger partial charge in [0.1, 0.15) is 10.8 Å². The zero-order valence-corrected chi connectivity index (χ0v) is 13.2. The van der Waals surface area contributed by atoms with Crippen LogP contribution >= 0.6 is 22.9 Å². The van der Waals surface area contributed by atoms with Crippen LogP contribution in [0.3, 0.4) is 0 Å². The lowest BCUT2D eigenvalue weighted by molar-refractivity contribution is 0.229. The van der Waals surface area contributed by atoms with Crippen molar-refractivity contribution in [1.29, 1.82) is 0 Å². The van der Waals surface area contributed by atoms with Crippen molar-refractivity contribution in [3.63, 3.8) is 0 Å². The quantitative estimate of drug-likeness (QED) is 0.724. The first-order valence-electron chi connectivity index (χ1n) is 6.59. The van der Waals surface area contributed by atoms with Crippen molar-refractivity contribution in [2.75, 3.05) is 7.05 Å². The summed E-state index contributed by atoms with van der Waals surface area (Å²) < 4.78 is 13.2. The van der Waals surface area contributed by atoms with Gasteiger partial charge in [-0.25, -0.2) is 9.37 Å². The molecule has 2 rings (SSSR count). The topological polar surface area (TPSA) is 16.1 Å². The zero-order chi connectivity index (χ0) is 14.5. The maximum absolute atomic E-state index is 13.2. The van der Waals surface area contributed by atoms with Crippen LogP contribution in [0.1, 0.15) is 35.7 Å². The molecule has 5 heteroatoms. The van der Waals surface area contributed by atoms with Crippen LogP contribution in [-0.2, 0) is 12.4 Å². The Kier molecular flexibility index (Phi) is 5.52. The molecule has 0 spiro atoms. The smallest absolute Gasteiger partial charge is 0.123 e. The first kappa shape index (κ1) is 15.4. The molecule has 0 aliphatic carbocycles. The molecular formula is C15H18ClFN2S. The number of aromatic nitrogens is 1. The molecule has 1 aromatic heterocycles. The van der Waals surface area contributed by atoms with Crippen molar-refractivity contribution < 1.29 is 4.39 Å². The Bertz CT molecular complexity index is 558. The Hall–Kier alpha value is -0.970. The Morgan fingerprint density at radius 3 is 2.85 bits per heavy atom. The van der Waals surface area contributed by atoms with Gasteiger partial charge in [-0.3, -0.25) is 4.90 Å². The van der Waals surface area contributed by atoms with E-state index in [0.29, 0.717) is 12.4 Å². The van der Waals surface area contributed by atoms with Crippen LogP contribution in [0, 0.1) is 5.82 Å². The Labute approximate surface area is 128 Å². The minimum atomic E-state index is -0.192. The Morgan fingerprint density at radius 1 is 1.45 bits per heavy atom. The maximum Gasteiger partial charge on any atom is 0.123 e.